The number of aryl methyl sites for hydroxylation is 2. The van der Waals surface area contributed by atoms with Crippen LogP contribution in [0.1, 0.15) is 24.0 Å². The molecule has 0 radical (unpaired) electrons. The molecule has 1 heterocycles. The first-order chi connectivity index (χ1) is 15.5. The fourth-order valence-corrected chi connectivity index (χ4v) is 3.53. The summed E-state index contributed by atoms with van der Waals surface area (Å²) in [6.45, 7) is 4.98. The van der Waals surface area contributed by atoms with E-state index in [1.54, 1.807) is 18.2 Å². The lowest BCUT2D eigenvalue weighted by molar-refractivity contribution is 0.263. The van der Waals surface area contributed by atoms with E-state index in [4.69, 9.17) is 25.5 Å². The highest BCUT2D eigenvalue weighted by atomic mass is 35.5. The van der Waals surface area contributed by atoms with Crippen molar-refractivity contribution < 1.29 is 13.9 Å². The van der Waals surface area contributed by atoms with Crippen LogP contribution in [0.3, 0.4) is 0 Å². The molecular weight excluding hydrogens is 424 g/mol. The molecule has 1 aromatic heterocycles. The summed E-state index contributed by atoms with van der Waals surface area (Å²) in [7, 11) is 0. The second kappa shape index (κ2) is 9.92. The number of unbranched alkanes of at least 4 members (excludes halogenated alkanes) is 1. The van der Waals surface area contributed by atoms with E-state index in [0.29, 0.717) is 35.0 Å². The molecular formula is C27H25ClO4. The molecule has 0 unspecified atom stereocenters. The van der Waals surface area contributed by atoms with Crippen molar-refractivity contribution in [1.82, 2.24) is 0 Å². The standard InChI is InChI=1S/C27H25ClO4/c1-18-5-12-22(13-6-18)30-15-3-4-16-31-27-25(29)23-14-7-19(2)17-24(23)32-26(27)20-8-10-21(28)11-9-20/h5-14,17H,3-4,15-16H2,1-2H3. The third kappa shape index (κ3) is 5.14. The minimum atomic E-state index is -0.174. The Labute approximate surface area is 192 Å². The molecule has 164 valence electrons. The predicted molar refractivity (Wildman–Crippen MR) is 129 cm³/mol. The van der Waals surface area contributed by atoms with E-state index >= 15 is 0 Å². The topological polar surface area (TPSA) is 48.7 Å². The highest BCUT2D eigenvalue weighted by Crippen LogP contribution is 2.32. The van der Waals surface area contributed by atoms with Gasteiger partial charge in [0.2, 0.25) is 11.2 Å². The van der Waals surface area contributed by atoms with E-state index in [0.717, 1.165) is 29.7 Å². The van der Waals surface area contributed by atoms with E-state index in [1.807, 2.05) is 62.4 Å². The monoisotopic (exact) mass is 448 g/mol. The van der Waals surface area contributed by atoms with Gasteiger partial charge in [-0.25, -0.2) is 0 Å². The molecule has 4 rings (SSSR count). The van der Waals surface area contributed by atoms with Crippen molar-refractivity contribution >= 4 is 22.6 Å². The van der Waals surface area contributed by atoms with Gasteiger partial charge in [0.25, 0.3) is 0 Å². The third-order valence-corrected chi connectivity index (χ3v) is 5.44. The summed E-state index contributed by atoms with van der Waals surface area (Å²) in [5.41, 5.74) is 3.33. The Bertz CT molecular complexity index is 1260. The van der Waals surface area contributed by atoms with Crippen molar-refractivity contribution in [2.45, 2.75) is 26.7 Å². The zero-order valence-corrected chi connectivity index (χ0v) is 18.9. The van der Waals surface area contributed by atoms with Crippen LogP contribution in [0.4, 0.5) is 0 Å². The van der Waals surface area contributed by atoms with Crippen molar-refractivity contribution in [3.63, 3.8) is 0 Å². The van der Waals surface area contributed by atoms with Crippen molar-refractivity contribution in [2.24, 2.45) is 0 Å². The molecule has 5 heteroatoms. The lowest BCUT2D eigenvalue weighted by Gasteiger charge is -2.12. The molecule has 0 N–H and O–H groups in total. The van der Waals surface area contributed by atoms with Gasteiger partial charge in [-0.15, -0.1) is 0 Å². The van der Waals surface area contributed by atoms with Gasteiger partial charge < -0.3 is 13.9 Å². The first-order valence-electron chi connectivity index (χ1n) is 10.7. The van der Waals surface area contributed by atoms with Crippen LogP contribution in [0.2, 0.25) is 5.02 Å². The Morgan fingerprint density at radius 3 is 2.19 bits per heavy atom. The average Bonchev–Trinajstić information content (AvgIpc) is 2.79. The summed E-state index contributed by atoms with van der Waals surface area (Å²) in [5, 5.41) is 1.12. The second-order valence-electron chi connectivity index (χ2n) is 7.81. The highest BCUT2D eigenvalue weighted by molar-refractivity contribution is 6.30. The Hall–Kier alpha value is -3.24. The summed E-state index contributed by atoms with van der Waals surface area (Å²) in [6, 6.07) is 20.7. The molecule has 0 atom stereocenters. The summed E-state index contributed by atoms with van der Waals surface area (Å²) < 4.78 is 17.9. The summed E-state index contributed by atoms with van der Waals surface area (Å²) in [5.74, 6) is 1.50. The molecule has 3 aromatic carbocycles. The molecule has 0 bridgehead atoms. The maximum atomic E-state index is 13.2. The number of hydrogen-bond acceptors (Lipinski definition) is 4. The lowest BCUT2D eigenvalue weighted by atomic mass is 10.1. The molecule has 0 aliphatic rings. The molecule has 0 amide bonds. The fraction of sp³-hybridized carbons (Fsp3) is 0.222. The van der Waals surface area contributed by atoms with Gasteiger partial charge in [-0.2, -0.15) is 0 Å². The van der Waals surface area contributed by atoms with Crippen molar-refractivity contribution in [3.8, 4) is 22.8 Å². The van der Waals surface area contributed by atoms with E-state index in [2.05, 4.69) is 0 Å². The van der Waals surface area contributed by atoms with Gasteiger partial charge in [-0.3, -0.25) is 4.79 Å². The van der Waals surface area contributed by atoms with Crippen LogP contribution in [0.15, 0.2) is 75.9 Å². The number of benzene rings is 3. The molecule has 0 spiro atoms. The van der Waals surface area contributed by atoms with Crippen LogP contribution in [0, 0.1) is 13.8 Å². The van der Waals surface area contributed by atoms with Crippen LogP contribution >= 0.6 is 11.6 Å². The van der Waals surface area contributed by atoms with Crippen molar-refractivity contribution in [2.75, 3.05) is 13.2 Å². The molecule has 0 saturated carbocycles. The predicted octanol–water partition coefficient (Wildman–Crippen LogP) is 6.97. The molecule has 0 saturated heterocycles. The first kappa shape index (κ1) is 22.0. The van der Waals surface area contributed by atoms with Gasteiger partial charge in [0.05, 0.1) is 18.6 Å². The quantitative estimate of drug-likeness (QED) is 0.273. The summed E-state index contributed by atoms with van der Waals surface area (Å²) >= 11 is 6.03. The SMILES string of the molecule is Cc1ccc(OCCCCOc2c(-c3ccc(Cl)cc3)oc3cc(C)ccc3c2=O)cc1. The van der Waals surface area contributed by atoms with E-state index in [-0.39, 0.29) is 11.2 Å². The number of ether oxygens (including phenoxy) is 2. The smallest absolute Gasteiger partial charge is 0.235 e. The Morgan fingerprint density at radius 2 is 1.47 bits per heavy atom. The van der Waals surface area contributed by atoms with Gasteiger partial charge in [-0.05, 0) is 80.8 Å². The van der Waals surface area contributed by atoms with E-state index in [1.165, 1.54) is 5.56 Å². The summed E-state index contributed by atoms with van der Waals surface area (Å²) in [6.07, 6.45) is 1.56. The van der Waals surface area contributed by atoms with Crippen molar-refractivity contribution in [3.05, 3.63) is 93.1 Å². The maximum Gasteiger partial charge on any atom is 0.235 e. The number of hydrogen-bond donors (Lipinski definition) is 0. The molecule has 0 fully saturated rings. The average molecular weight is 449 g/mol. The van der Waals surface area contributed by atoms with Crippen LogP contribution in [-0.4, -0.2) is 13.2 Å². The minimum absolute atomic E-state index is 0.174. The maximum absolute atomic E-state index is 13.2. The Balaban J connectivity index is 1.49. The number of halogens is 1. The summed E-state index contributed by atoms with van der Waals surface area (Å²) in [4.78, 5) is 13.2. The number of fused-ring (bicyclic) bond motifs is 1. The molecule has 32 heavy (non-hydrogen) atoms. The van der Waals surface area contributed by atoms with Gasteiger partial charge in [0.15, 0.2) is 5.76 Å². The first-order valence-corrected chi connectivity index (χ1v) is 11.0. The second-order valence-corrected chi connectivity index (χ2v) is 8.25. The van der Waals surface area contributed by atoms with E-state index < -0.39 is 0 Å². The fourth-order valence-electron chi connectivity index (χ4n) is 3.41. The molecule has 4 nitrogen and oxygen atoms in total. The normalized spacial score (nSPS) is 11.0. The lowest BCUT2D eigenvalue weighted by Crippen LogP contribution is -2.12. The zero-order valence-electron chi connectivity index (χ0n) is 18.2. The molecule has 4 aromatic rings. The minimum Gasteiger partial charge on any atom is -0.494 e. The molecule has 0 aliphatic carbocycles. The third-order valence-electron chi connectivity index (χ3n) is 5.19. The van der Waals surface area contributed by atoms with Gasteiger partial charge in [0.1, 0.15) is 11.3 Å². The van der Waals surface area contributed by atoms with Crippen LogP contribution in [0.5, 0.6) is 11.5 Å². The Kier molecular flexibility index (Phi) is 6.81. The molecule has 0 aliphatic heterocycles. The van der Waals surface area contributed by atoms with Crippen LogP contribution in [-0.2, 0) is 0 Å². The van der Waals surface area contributed by atoms with Crippen LogP contribution < -0.4 is 14.9 Å². The highest BCUT2D eigenvalue weighted by Gasteiger charge is 2.18. The van der Waals surface area contributed by atoms with Crippen molar-refractivity contribution in [1.29, 1.82) is 0 Å². The largest absolute Gasteiger partial charge is 0.494 e. The van der Waals surface area contributed by atoms with E-state index in [9.17, 15) is 4.79 Å². The van der Waals surface area contributed by atoms with Gasteiger partial charge >= 0.3 is 0 Å². The van der Waals surface area contributed by atoms with Gasteiger partial charge in [-0.1, -0.05) is 35.4 Å². The number of rotatable bonds is 8. The van der Waals surface area contributed by atoms with Gasteiger partial charge in [0, 0.05) is 10.6 Å². The van der Waals surface area contributed by atoms with Crippen LogP contribution in [0.25, 0.3) is 22.3 Å². The zero-order chi connectivity index (χ0) is 22.5. The Morgan fingerprint density at radius 1 is 0.812 bits per heavy atom.